The molecular formula is C15H25N. The number of aryl methyl sites for hydroxylation is 1. The molecule has 1 atom stereocenters. The van der Waals surface area contributed by atoms with E-state index in [1.54, 1.807) is 0 Å². The number of hydrogen-bond donors (Lipinski definition) is 1. The van der Waals surface area contributed by atoms with E-state index in [0.29, 0.717) is 11.5 Å². The Morgan fingerprint density at radius 2 is 1.75 bits per heavy atom. The normalized spacial score (nSPS) is 13.8. The van der Waals surface area contributed by atoms with Crippen molar-refractivity contribution in [3.8, 4) is 0 Å². The highest BCUT2D eigenvalue weighted by atomic mass is 14.9. The van der Waals surface area contributed by atoms with Crippen molar-refractivity contribution in [3.05, 3.63) is 35.4 Å². The van der Waals surface area contributed by atoms with E-state index in [-0.39, 0.29) is 0 Å². The number of benzene rings is 1. The van der Waals surface area contributed by atoms with E-state index < -0.39 is 0 Å². The first-order valence-corrected chi connectivity index (χ1v) is 6.22. The van der Waals surface area contributed by atoms with E-state index in [4.69, 9.17) is 0 Å². The van der Waals surface area contributed by atoms with Gasteiger partial charge in [0.25, 0.3) is 0 Å². The van der Waals surface area contributed by atoms with Crippen molar-refractivity contribution in [2.75, 3.05) is 7.05 Å². The summed E-state index contributed by atoms with van der Waals surface area (Å²) < 4.78 is 0. The lowest BCUT2D eigenvalue weighted by Gasteiger charge is -2.33. The van der Waals surface area contributed by atoms with Crippen molar-refractivity contribution in [2.45, 2.75) is 46.6 Å². The van der Waals surface area contributed by atoms with E-state index >= 15 is 0 Å². The third-order valence-corrected chi connectivity index (χ3v) is 3.76. The number of hydrogen-bond acceptors (Lipinski definition) is 1. The highest BCUT2D eigenvalue weighted by Gasteiger charge is 2.26. The summed E-state index contributed by atoms with van der Waals surface area (Å²) in [6.45, 7) is 9.07. The van der Waals surface area contributed by atoms with Crippen LogP contribution in [0.3, 0.4) is 0 Å². The Morgan fingerprint density at radius 3 is 2.19 bits per heavy atom. The summed E-state index contributed by atoms with van der Waals surface area (Å²) in [4.78, 5) is 0. The molecule has 1 unspecified atom stereocenters. The van der Waals surface area contributed by atoms with Crippen LogP contribution in [0.5, 0.6) is 0 Å². The minimum Gasteiger partial charge on any atom is -0.316 e. The van der Waals surface area contributed by atoms with Gasteiger partial charge < -0.3 is 5.32 Å². The van der Waals surface area contributed by atoms with Gasteiger partial charge in [-0.2, -0.15) is 0 Å². The summed E-state index contributed by atoms with van der Waals surface area (Å²) in [5, 5.41) is 3.46. The van der Waals surface area contributed by atoms with Crippen LogP contribution in [0.25, 0.3) is 0 Å². The van der Waals surface area contributed by atoms with E-state index in [0.717, 1.165) is 6.42 Å². The van der Waals surface area contributed by atoms with Gasteiger partial charge in [0.05, 0.1) is 0 Å². The third kappa shape index (κ3) is 3.34. The monoisotopic (exact) mass is 219 g/mol. The Balaban J connectivity index is 2.74. The second kappa shape index (κ2) is 5.49. The molecule has 0 bridgehead atoms. The molecule has 0 aliphatic carbocycles. The van der Waals surface area contributed by atoms with Crippen LogP contribution in [0, 0.1) is 12.3 Å². The highest BCUT2D eigenvalue weighted by Crippen LogP contribution is 2.27. The molecule has 1 aromatic carbocycles. The average molecular weight is 219 g/mol. The van der Waals surface area contributed by atoms with Gasteiger partial charge in [-0.15, -0.1) is 0 Å². The van der Waals surface area contributed by atoms with Crippen molar-refractivity contribution in [3.63, 3.8) is 0 Å². The molecule has 0 aromatic heterocycles. The summed E-state index contributed by atoms with van der Waals surface area (Å²) in [6.07, 6.45) is 2.31. The Labute approximate surface area is 100 Å². The van der Waals surface area contributed by atoms with Crippen LogP contribution >= 0.6 is 0 Å². The van der Waals surface area contributed by atoms with Gasteiger partial charge in [-0.1, -0.05) is 50.6 Å². The van der Waals surface area contributed by atoms with Crippen molar-refractivity contribution in [1.29, 1.82) is 0 Å². The number of rotatable bonds is 5. The molecule has 1 rings (SSSR count). The van der Waals surface area contributed by atoms with Crippen molar-refractivity contribution in [1.82, 2.24) is 5.32 Å². The zero-order valence-corrected chi connectivity index (χ0v) is 11.3. The van der Waals surface area contributed by atoms with Gasteiger partial charge in [-0.3, -0.25) is 0 Å². The van der Waals surface area contributed by atoms with Crippen LogP contribution in [0.2, 0.25) is 0 Å². The lowest BCUT2D eigenvalue weighted by atomic mass is 9.79. The highest BCUT2D eigenvalue weighted by molar-refractivity contribution is 5.22. The molecule has 0 fully saturated rings. The summed E-state index contributed by atoms with van der Waals surface area (Å²) in [7, 11) is 2.07. The van der Waals surface area contributed by atoms with E-state index in [1.165, 1.54) is 17.5 Å². The summed E-state index contributed by atoms with van der Waals surface area (Å²) >= 11 is 0. The molecule has 0 saturated carbocycles. The van der Waals surface area contributed by atoms with Gasteiger partial charge in [0.2, 0.25) is 0 Å². The first-order valence-electron chi connectivity index (χ1n) is 6.22. The topological polar surface area (TPSA) is 12.0 Å². The fraction of sp³-hybridized carbons (Fsp3) is 0.600. The number of nitrogens with one attached hydrogen (secondary N) is 1. The summed E-state index contributed by atoms with van der Waals surface area (Å²) in [5.41, 5.74) is 3.10. The molecule has 0 heterocycles. The molecule has 90 valence electrons. The number of likely N-dealkylation sites (N-methyl/N-ethyl adjacent to an activating group) is 1. The van der Waals surface area contributed by atoms with Crippen LogP contribution in [0.1, 0.15) is 38.3 Å². The SMILES string of the molecule is CCC(C)(C)C(Cc1ccc(C)cc1)NC. The first kappa shape index (κ1) is 13.2. The van der Waals surface area contributed by atoms with Crippen LogP contribution in [-0.4, -0.2) is 13.1 Å². The van der Waals surface area contributed by atoms with Gasteiger partial charge >= 0.3 is 0 Å². The quantitative estimate of drug-likeness (QED) is 0.798. The standard InChI is InChI=1S/C15H25N/c1-6-15(3,4)14(16-5)11-13-9-7-12(2)8-10-13/h7-10,14,16H,6,11H2,1-5H3. The second-order valence-electron chi connectivity index (χ2n) is 5.37. The summed E-state index contributed by atoms with van der Waals surface area (Å²) in [5.74, 6) is 0. The Kier molecular flexibility index (Phi) is 4.55. The van der Waals surface area contributed by atoms with Gasteiger partial charge in [0.1, 0.15) is 0 Å². The Morgan fingerprint density at radius 1 is 1.19 bits per heavy atom. The van der Waals surface area contributed by atoms with Crippen LogP contribution in [0.4, 0.5) is 0 Å². The third-order valence-electron chi connectivity index (χ3n) is 3.76. The molecule has 1 aromatic rings. The van der Waals surface area contributed by atoms with Gasteiger partial charge in [0, 0.05) is 6.04 Å². The lowest BCUT2D eigenvalue weighted by molar-refractivity contribution is 0.240. The molecule has 0 saturated heterocycles. The van der Waals surface area contributed by atoms with Gasteiger partial charge in [-0.25, -0.2) is 0 Å². The summed E-state index contributed by atoms with van der Waals surface area (Å²) in [6, 6.07) is 9.42. The molecule has 1 N–H and O–H groups in total. The zero-order valence-electron chi connectivity index (χ0n) is 11.3. The molecule has 0 spiro atoms. The molecule has 0 aliphatic rings. The maximum Gasteiger partial charge on any atom is 0.0155 e. The predicted octanol–water partition coefficient (Wildman–Crippen LogP) is 3.56. The molecule has 1 nitrogen and oxygen atoms in total. The fourth-order valence-corrected chi connectivity index (χ4v) is 1.98. The molecule has 16 heavy (non-hydrogen) atoms. The average Bonchev–Trinajstić information content (AvgIpc) is 2.28. The van der Waals surface area contributed by atoms with E-state index in [1.807, 2.05) is 0 Å². The first-order chi connectivity index (χ1) is 7.49. The molecule has 0 amide bonds. The van der Waals surface area contributed by atoms with Crippen LogP contribution in [-0.2, 0) is 6.42 Å². The smallest absolute Gasteiger partial charge is 0.0155 e. The van der Waals surface area contributed by atoms with Gasteiger partial charge in [-0.05, 0) is 37.8 Å². The fourth-order valence-electron chi connectivity index (χ4n) is 1.98. The van der Waals surface area contributed by atoms with Crippen molar-refractivity contribution < 1.29 is 0 Å². The molecule has 1 heteroatoms. The second-order valence-corrected chi connectivity index (χ2v) is 5.37. The predicted molar refractivity (Wildman–Crippen MR) is 71.8 cm³/mol. The Hall–Kier alpha value is -0.820. The zero-order chi connectivity index (χ0) is 12.2. The van der Waals surface area contributed by atoms with Crippen molar-refractivity contribution in [2.24, 2.45) is 5.41 Å². The van der Waals surface area contributed by atoms with Gasteiger partial charge in [0.15, 0.2) is 0 Å². The van der Waals surface area contributed by atoms with Crippen LogP contribution < -0.4 is 5.32 Å². The molecular weight excluding hydrogens is 194 g/mol. The minimum absolute atomic E-state index is 0.347. The Bertz CT molecular complexity index is 311. The van der Waals surface area contributed by atoms with E-state index in [2.05, 4.69) is 64.3 Å². The minimum atomic E-state index is 0.347. The van der Waals surface area contributed by atoms with Crippen molar-refractivity contribution >= 4 is 0 Å². The van der Waals surface area contributed by atoms with Crippen LogP contribution in [0.15, 0.2) is 24.3 Å². The largest absolute Gasteiger partial charge is 0.316 e. The maximum absolute atomic E-state index is 3.46. The molecule has 0 aliphatic heterocycles. The van der Waals surface area contributed by atoms with E-state index in [9.17, 15) is 0 Å². The lowest BCUT2D eigenvalue weighted by Crippen LogP contribution is -2.41. The molecule has 0 radical (unpaired) electrons. The maximum atomic E-state index is 3.46.